The van der Waals surface area contributed by atoms with Crippen molar-refractivity contribution < 1.29 is 4.74 Å². The van der Waals surface area contributed by atoms with Crippen LogP contribution in [0.5, 0.6) is 5.75 Å². The molecule has 0 aliphatic carbocycles. The molecule has 0 bridgehead atoms. The Hall–Kier alpha value is -1.10. The lowest BCUT2D eigenvalue weighted by molar-refractivity contribution is 0.0877. The van der Waals surface area contributed by atoms with Crippen LogP contribution in [0.15, 0.2) is 24.3 Å². The summed E-state index contributed by atoms with van der Waals surface area (Å²) in [5.41, 5.74) is 4.36. The summed E-state index contributed by atoms with van der Waals surface area (Å²) in [6, 6.07) is 8.51. The third-order valence-electron chi connectivity index (χ3n) is 4.51. The second-order valence-electron chi connectivity index (χ2n) is 5.93. The van der Waals surface area contributed by atoms with Crippen molar-refractivity contribution >= 4 is 0 Å². The molecule has 0 amide bonds. The molecular weight excluding hydrogens is 262 g/mol. The van der Waals surface area contributed by atoms with Crippen LogP contribution in [-0.2, 0) is 6.42 Å². The molecule has 0 spiro atoms. The number of aryl methyl sites for hydroxylation is 1. The highest BCUT2D eigenvalue weighted by atomic mass is 16.5. The van der Waals surface area contributed by atoms with Gasteiger partial charge in [-0.25, -0.2) is 0 Å². The molecule has 120 valence electrons. The minimum Gasteiger partial charge on any atom is -0.497 e. The van der Waals surface area contributed by atoms with E-state index in [-0.39, 0.29) is 11.6 Å². The first kappa shape index (κ1) is 18.0. The number of nitrogens with one attached hydrogen (secondary N) is 1. The summed E-state index contributed by atoms with van der Waals surface area (Å²) in [4.78, 5) is 2.45. The smallest absolute Gasteiger partial charge is 0.118 e. The molecule has 4 heteroatoms. The first-order valence-corrected chi connectivity index (χ1v) is 7.83. The van der Waals surface area contributed by atoms with Gasteiger partial charge in [-0.2, -0.15) is 0 Å². The van der Waals surface area contributed by atoms with Crippen LogP contribution in [0.1, 0.15) is 39.7 Å². The lowest BCUT2D eigenvalue weighted by Crippen LogP contribution is -2.59. The highest BCUT2D eigenvalue weighted by Gasteiger charge is 2.32. The molecule has 1 atom stereocenters. The van der Waals surface area contributed by atoms with E-state index in [9.17, 15) is 0 Å². The Morgan fingerprint density at radius 3 is 2.19 bits per heavy atom. The van der Waals surface area contributed by atoms with Crippen LogP contribution in [0.2, 0.25) is 0 Å². The molecule has 1 aromatic rings. The molecule has 3 N–H and O–H groups in total. The van der Waals surface area contributed by atoms with Crippen LogP contribution < -0.4 is 16.0 Å². The van der Waals surface area contributed by atoms with Gasteiger partial charge in [0, 0.05) is 11.6 Å². The standard InChI is InChI=1S/C17H31N3O/c1-6-20(7-2)17(3,4)16(19-18)13-10-14-8-11-15(21-5)12-9-14/h8-9,11-12,16,19H,6-7,10,13,18H2,1-5H3. The van der Waals surface area contributed by atoms with E-state index in [0.29, 0.717) is 0 Å². The Balaban J connectivity index is 2.68. The fourth-order valence-electron chi connectivity index (χ4n) is 3.00. The van der Waals surface area contributed by atoms with Crippen molar-refractivity contribution in [3.05, 3.63) is 29.8 Å². The molecule has 0 aliphatic heterocycles. The average molecular weight is 293 g/mol. The molecule has 21 heavy (non-hydrogen) atoms. The second kappa shape index (κ2) is 8.37. The predicted molar refractivity (Wildman–Crippen MR) is 89.4 cm³/mol. The van der Waals surface area contributed by atoms with Crippen molar-refractivity contribution in [2.45, 2.75) is 52.1 Å². The number of hydrazine groups is 1. The van der Waals surface area contributed by atoms with Gasteiger partial charge in [-0.3, -0.25) is 16.2 Å². The number of methoxy groups -OCH3 is 1. The molecule has 0 saturated carbocycles. The number of hydrogen-bond acceptors (Lipinski definition) is 4. The van der Waals surface area contributed by atoms with E-state index in [1.165, 1.54) is 5.56 Å². The number of hydrogen-bond donors (Lipinski definition) is 2. The summed E-state index contributed by atoms with van der Waals surface area (Å²) in [6.45, 7) is 11.0. The highest BCUT2D eigenvalue weighted by Crippen LogP contribution is 2.22. The van der Waals surface area contributed by atoms with E-state index >= 15 is 0 Å². The number of nitrogens with zero attached hydrogens (tertiary/aromatic N) is 1. The lowest BCUT2D eigenvalue weighted by Gasteiger charge is -2.43. The molecular formula is C17H31N3O. The maximum Gasteiger partial charge on any atom is 0.118 e. The Morgan fingerprint density at radius 2 is 1.76 bits per heavy atom. The normalized spacial score (nSPS) is 13.5. The SMILES string of the molecule is CCN(CC)C(C)(C)C(CCc1ccc(OC)cc1)NN. The molecule has 0 fully saturated rings. The van der Waals surface area contributed by atoms with E-state index in [0.717, 1.165) is 31.7 Å². The minimum atomic E-state index is 0.0325. The molecule has 0 radical (unpaired) electrons. The van der Waals surface area contributed by atoms with Crippen molar-refractivity contribution in [1.82, 2.24) is 10.3 Å². The third-order valence-corrected chi connectivity index (χ3v) is 4.51. The van der Waals surface area contributed by atoms with E-state index in [4.69, 9.17) is 10.6 Å². The minimum absolute atomic E-state index is 0.0325. The van der Waals surface area contributed by atoms with E-state index < -0.39 is 0 Å². The number of rotatable bonds is 9. The van der Waals surface area contributed by atoms with Crippen LogP contribution in [0.4, 0.5) is 0 Å². The zero-order valence-corrected chi connectivity index (χ0v) is 14.1. The van der Waals surface area contributed by atoms with Gasteiger partial charge in [0.1, 0.15) is 5.75 Å². The quantitative estimate of drug-likeness (QED) is 0.543. The first-order chi connectivity index (χ1) is 9.99. The predicted octanol–water partition coefficient (Wildman–Crippen LogP) is 2.58. The van der Waals surface area contributed by atoms with Crippen LogP contribution in [0.25, 0.3) is 0 Å². The molecule has 0 saturated heterocycles. The van der Waals surface area contributed by atoms with Crippen molar-refractivity contribution in [3.63, 3.8) is 0 Å². The van der Waals surface area contributed by atoms with Crippen LogP contribution in [0.3, 0.4) is 0 Å². The zero-order chi connectivity index (χ0) is 15.9. The fraction of sp³-hybridized carbons (Fsp3) is 0.647. The lowest BCUT2D eigenvalue weighted by atomic mass is 9.88. The number of likely N-dealkylation sites (N-methyl/N-ethyl adjacent to an activating group) is 1. The summed E-state index contributed by atoms with van der Waals surface area (Å²) < 4.78 is 5.19. The summed E-state index contributed by atoms with van der Waals surface area (Å²) in [5.74, 6) is 6.72. The average Bonchev–Trinajstić information content (AvgIpc) is 2.49. The molecule has 1 unspecified atom stereocenters. The van der Waals surface area contributed by atoms with Gasteiger partial charge in [-0.05, 0) is 57.5 Å². The third kappa shape index (κ3) is 4.70. The molecule has 0 heterocycles. The van der Waals surface area contributed by atoms with Gasteiger partial charge < -0.3 is 4.74 Å². The van der Waals surface area contributed by atoms with E-state index in [1.807, 2.05) is 12.1 Å². The van der Waals surface area contributed by atoms with Crippen molar-refractivity contribution in [3.8, 4) is 5.75 Å². The molecule has 1 aromatic carbocycles. The maximum atomic E-state index is 5.82. The van der Waals surface area contributed by atoms with Crippen molar-refractivity contribution in [2.75, 3.05) is 20.2 Å². The largest absolute Gasteiger partial charge is 0.497 e. The summed E-state index contributed by atoms with van der Waals surface area (Å²) >= 11 is 0. The Bertz CT molecular complexity index is 399. The van der Waals surface area contributed by atoms with E-state index in [1.54, 1.807) is 7.11 Å². The zero-order valence-electron chi connectivity index (χ0n) is 14.1. The Labute approximate surface area is 129 Å². The van der Waals surface area contributed by atoms with Crippen LogP contribution >= 0.6 is 0 Å². The molecule has 0 aromatic heterocycles. The van der Waals surface area contributed by atoms with Gasteiger partial charge in [-0.15, -0.1) is 0 Å². The Kier molecular flexibility index (Phi) is 7.15. The molecule has 1 rings (SSSR count). The summed E-state index contributed by atoms with van der Waals surface area (Å²) in [7, 11) is 1.69. The van der Waals surface area contributed by atoms with Gasteiger partial charge in [0.25, 0.3) is 0 Å². The van der Waals surface area contributed by atoms with Crippen LogP contribution in [0, 0.1) is 0 Å². The number of ether oxygens (including phenoxy) is 1. The van der Waals surface area contributed by atoms with Gasteiger partial charge in [0.2, 0.25) is 0 Å². The Morgan fingerprint density at radius 1 is 1.19 bits per heavy atom. The molecule has 0 aliphatic rings. The number of benzene rings is 1. The number of nitrogens with two attached hydrogens (primary N) is 1. The summed E-state index contributed by atoms with van der Waals surface area (Å²) in [6.07, 6.45) is 2.01. The van der Waals surface area contributed by atoms with E-state index in [2.05, 4.69) is 50.2 Å². The topological polar surface area (TPSA) is 50.5 Å². The van der Waals surface area contributed by atoms with Crippen molar-refractivity contribution in [2.24, 2.45) is 5.84 Å². The second-order valence-corrected chi connectivity index (χ2v) is 5.93. The van der Waals surface area contributed by atoms with Gasteiger partial charge in [0.05, 0.1) is 7.11 Å². The van der Waals surface area contributed by atoms with Gasteiger partial charge in [-0.1, -0.05) is 26.0 Å². The monoisotopic (exact) mass is 293 g/mol. The van der Waals surface area contributed by atoms with Crippen molar-refractivity contribution in [1.29, 1.82) is 0 Å². The first-order valence-electron chi connectivity index (χ1n) is 7.83. The van der Waals surface area contributed by atoms with Crippen LogP contribution in [-0.4, -0.2) is 36.7 Å². The fourth-order valence-corrected chi connectivity index (χ4v) is 3.00. The molecule has 4 nitrogen and oxygen atoms in total. The highest BCUT2D eigenvalue weighted by molar-refractivity contribution is 5.27. The van der Waals surface area contributed by atoms with Gasteiger partial charge in [0.15, 0.2) is 0 Å². The summed E-state index contributed by atoms with van der Waals surface area (Å²) in [5, 5.41) is 0. The maximum absolute atomic E-state index is 5.82. The van der Waals surface area contributed by atoms with Gasteiger partial charge >= 0.3 is 0 Å².